The monoisotopic (exact) mass is 1210 g/mol. The van der Waals surface area contributed by atoms with Gasteiger partial charge < -0.3 is 18.6 Å². The largest absolute Gasteiger partial charge is 0.456 e. The highest BCUT2D eigenvalue weighted by Gasteiger charge is 2.48. The Kier molecular flexibility index (Phi) is 11.3. The molecule has 19 rings (SSSR count). The van der Waals surface area contributed by atoms with Gasteiger partial charge in [0.1, 0.15) is 22.3 Å². The molecule has 0 saturated heterocycles. The van der Waals surface area contributed by atoms with Gasteiger partial charge in [0.25, 0.3) is 0 Å². The van der Waals surface area contributed by atoms with E-state index in [1.54, 1.807) is 0 Å². The molecule has 0 spiro atoms. The van der Waals surface area contributed by atoms with E-state index >= 15 is 0 Å². The lowest BCUT2D eigenvalue weighted by Gasteiger charge is -2.50. The molecule has 4 heteroatoms. The SMILES string of the molecule is CC1(C)c2cc(-c3ccccc3)ccc2N2c3ccc(-c4ccccc4)cc3C(C)(C)c3cc(-c4ccc(-c5cc6c7c(c5)C(C)(C)c5cc(-c8ccc9oc%10ccccc%10c9c8)ccc5N7c5ccc(-c7ccc8oc9ccccc9c8c7)cc5C6(C)C)cc4)cc1c32. The number of fused-ring (bicyclic) bond motifs is 14. The molecule has 0 bridgehead atoms. The molecule has 4 aliphatic heterocycles. The van der Waals surface area contributed by atoms with Crippen molar-refractivity contribution in [2.75, 3.05) is 9.80 Å². The van der Waals surface area contributed by atoms with E-state index in [1.165, 1.54) is 145 Å². The van der Waals surface area contributed by atoms with E-state index in [-0.39, 0.29) is 21.7 Å². The summed E-state index contributed by atoms with van der Waals surface area (Å²) in [7, 11) is 0. The van der Waals surface area contributed by atoms with E-state index in [2.05, 4.69) is 320 Å². The summed E-state index contributed by atoms with van der Waals surface area (Å²) in [5, 5.41) is 4.53. The number of furan rings is 2. The molecule has 4 aliphatic rings. The van der Waals surface area contributed by atoms with Crippen LogP contribution in [-0.4, -0.2) is 0 Å². The molecule has 2 aromatic heterocycles. The van der Waals surface area contributed by atoms with Gasteiger partial charge in [0, 0.05) is 43.2 Å². The van der Waals surface area contributed by atoms with Crippen molar-refractivity contribution in [1.82, 2.24) is 0 Å². The van der Waals surface area contributed by atoms with E-state index in [4.69, 9.17) is 8.83 Å². The lowest BCUT2D eigenvalue weighted by atomic mass is 9.65. The molecule has 15 aromatic rings. The average molecular weight is 1210 g/mol. The Morgan fingerprint density at radius 1 is 0.202 bits per heavy atom. The molecule has 0 radical (unpaired) electrons. The predicted octanol–water partition coefficient (Wildman–Crippen LogP) is 25.0. The second-order valence-electron chi connectivity index (χ2n) is 28.9. The quantitative estimate of drug-likeness (QED) is 0.166. The molecule has 94 heavy (non-hydrogen) atoms. The van der Waals surface area contributed by atoms with Crippen LogP contribution in [0.4, 0.5) is 34.1 Å². The summed E-state index contributed by atoms with van der Waals surface area (Å²) >= 11 is 0. The maximum atomic E-state index is 6.34. The molecule has 13 aromatic carbocycles. The number of para-hydroxylation sites is 2. The highest BCUT2D eigenvalue weighted by atomic mass is 16.3. The maximum absolute atomic E-state index is 6.34. The third-order valence-electron chi connectivity index (χ3n) is 22.2. The van der Waals surface area contributed by atoms with Gasteiger partial charge in [-0.05, 0) is 220 Å². The van der Waals surface area contributed by atoms with E-state index < -0.39 is 0 Å². The van der Waals surface area contributed by atoms with Crippen molar-refractivity contribution in [2.24, 2.45) is 0 Å². The molecule has 4 nitrogen and oxygen atoms in total. The van der Waals surface area contributed by atoms with Crippen molar-refractivity contribution in [1.29, 1.82) is 0 Å². The van der Waals surface area contributed by atoms with Gasteiger partial charge in [-0.25, -0.2) is 0 Å². The Hall–Kier alpha value is -10.9. The van der Waals surface area contributed by atoms with Crippen LogP contribution >= 0.6 is 0 Å². The van der Waals surface area contributed by atoms with Gasteiger partial charge in [-0.15, -0.1) is 0 Å². The lowest BCUT2D eigenvalue weighted by molar-refractivity contribution is 0.597. The molecular weight excluding hydrogens is 1140 g/mol. The average Bonchev–Trinajstić information content (AvgIpc) is 0.866. The van der Waals surface area contributed by atoms with Crippen LogP contribution in [-0.2, 0) is 21.7 Å². The molecule has 0 unspecified atom stereocenters. The minimum Gasteiger partial charge on any atom is -0.456 e. The van der Waals surface area contributed by atoms with Crippen molar-refractivity contribution in [3.05, 3.63) is 311 Å². The first kappa shape index (κ1) is 54.8. The number of rotatable bonds is 6. The predicted molar refractivity (Wildman–Crippen MR) is 391 cm³/mol. The second-order valence-corrected chi connectivity index (χ2v) is 28.9. The third-order valence-corrected chi connectivity index (χ3v) is 22.2. The number of hydrogen-bond acceptors (Lipinski definition) is 4. The first-order chi connectivity index (χ1) is 45.6. The summed E-state index contributed by atoms with van der Waals surface area (Å²) in [5.41, 5.74) is 34.7. The van der Waals surface area contributed by atoms with Crippen molar-refractivity contribution in [2.45, 2.75) is 77.0 Å². The van der Waals surface area contributed by atoms with Crippen LogP contribution in [0, 0.1) is 0 Å². The normalized spacial score (nSPS) is 15.5. The van der Waals surface area contributed by atoms with Crippen LogP contribution in [0.15, 0.2) is 276 Å². The molecule has 0 aliphatic carbocycles. The lowest BCUT2D eigenvalue weighted by Crippen LogP contribution is -2.38. The minimum absolute atomic E-state index is 0.324. The maximum Gasteiger partial charge on any atom is 0.135 e. The number of hydrogen-bond donors (Lipinski definition) is 0. The molecule has 6 heterocycles. The highest BCUT2D eigenvalue weighted by Crippen LogP contribution is 2.64. The smallest absolute Gasteiger partial charge is 0.135 e. The van der Waals surface area contributed by atoms with E-state index in [0.29, 0.717) is 0 Å². The van der Waals surface area contributed by atoms with Crippen LogP contribution in [0.1, 0.15) is 99.9 Å². The summed E-state index contributed by atoms with van der Waals surface area (Å²) in [6, 6.07) is 100. The highest BCUT2D eigenvalue weighted by molar-refractivity contribution is 6.08. The van der Waals surface area contributed by atoms with Gasteiger partial charge in [-0.1, -0.05) is 213 Å². The van der Waals surface area contributed by atoms with Crippen molar-refractivity contribution < 1.29 is 8.83 Å². The zero-order valence-corrected chi connectivity index (χ0v) is 54.1. The van der Waals surface area contributed by atoms with Gasteiger partial charge in [0.05, 0.1) is 34.1 Å². The molecule has 0 saturated carbocycles. The van der Waals surface area contributed by atoms with Crippen LogP contribution in [0.3, 0.4) is 0 Å². The van der Waals surface area contributed by atoms with Gasteiger partial charge >= 0.3 is 0 Å². The minimum atomic E-state index is -0.385. The molecule has 0 N–H and O–H groups in total. The molecule has 0 fully saturated rings. The van der Waals surface area contributed by atoms with Gasteiger partial charge in [0.15, 0.2) is 0 Å². The first-order valence-electron chi connectivity index (χ1n) is 33.2. The summed E-state index contributed by atoms with van der Waals surface area (Å²) < 4.78 is 12.7. The number of benzene rings is 13. The Bertz CT molecular complexity index is 5410. The van der Waals surface area contributed by atoms with Crippen molar-refractivity contribution >= 4 is 78.0 Å². The van der Waals surface area contributed by atoms with Crippen LogP contribution in [0.5, 0.6) is 0 Å². The Balaban J connectivity index is 0.767. The van der Waals surface area contributed by atoms with Gasteiger partial charge in [-0.2, -0.15) is 0 Å². The number of nitrogens with zero attached hydrogens (tertiary/aromatic N) is 2. The summed E-state index contributed by atoms with van der Waals surface area (Å²) in [6.45, 7) is 19.5. The zero-order valence-electron chi connectivity index (χ0n) is 54.1. The van der Waals surface area contributed by atoms with Crippen LogP contribution in [0.2, 0.25) is 0 Å². The van der Waals surface area contributed by atoms with E-state index in [1.807, 2.05) is 12.1 Å². The fourth-order valence-corrected chi connectivity index (χ4v) is 16.9. The fourth-order valence-electron chi connectivity index (χ4n) is 16.9. The van der Waals surface area contributed by atoms with Crippen LogP contribution < -0.4 is 9.80 Å². The standard InChI is InChI=1S/C90H68N2O2/c1-87(2)69-45-59(53-19-11-9-12-20-53)31-37-77(69)91-78-38-32-60(54-21-13-10-14-22-54)46-70(78)88(3,4)74-50-63(49-73(87)85(74)91)55-27-29-56(30-28-55)64-51-75-86-76(52-64)90(7,8)72-48-62(58-36-42-84-68(44-58)66-24-16-18-26-82(66)94-84)34-40-80(72)92(86)79-39-33-61(47-71(79)89(75,5)6)57-35-41-83-67(43-57)65-23-15-17-25-81(65)93-83/h9-52H,1-8H3. The second kappa shape index (κ2) is 19.3. The van der Waals surface area contributed by atoms with Crippen molar-refractivity contribution in [3.63, 3.8) is 0 Å². The molecule has 0 atom stereocenters. The van der Waals surface area contributed by atoms with Crippen molar-refractivity contribution in [3.8, 4) is 66.8 Å². The number of anilines is 6. The zero-order chi connectivity index (χ0) is 63.3. The van der Waals surface area contributed by atoms with Gasteiger partial charge in [-0.3, -0.25) is 0 Å². The summed E-state index contributed by atoms with van der Waals surface area (Å²) in [6.07, 6.45) is 0. The van der Waals surface area contributed by atoms with E-state index in [9.17, 15) is 0 Å². The Morgan fingerprint density at radius 3 is 0.787 bits per heavy atom. The molecular formula is C90H68N2O2. The van der Waals surface area contributed by atoms with Crippen LogP contribution in [0.25, 0.3) is 111 Å². The fraction of sp³-hybridized carbons (Fsp3) is 0.133. The molecule has 450 valence electrons. The molecule has 0 amide bonds. The Morgan fingerprint density at radius 2 is 0.447 bits per heavy atom. The first-order valence-corrected chi connectivity index (χ1v) is 33.2. The third kappa shape index (κ3) is 7.74. The topological polar surface area (TPSA) is 32.8 Å². The van der Waals surface area contributed by atoms with Gasteiger partial charge in [0.2, 0.25) is 0 Å². The van der Waals surface area contributed by atoms with E-state index in [0.717, 1.165) is 43.9 Å². The summed E-state index contributed by atoms with van der Waals surface area (Å²) in [5.74, 6) is 0. The Labute approximate surface area is 548 Å². The summed E-state index contributed by atoms with van der Waals surface area (Å²) in [4.78, 5) is 5.19.